The van der Waals surface area contributed by atoms with Crippen molar-refractivity contribution in [2.75, 3.05) is 24.4 Å². The van der Waals surface area contributed by atoms with E-state index in [9.17, 15) is 18.0 Å². The van der Waals surface area contributed by atoms with Crippen molar-refractivity contribution in [2.24, 2.45) is 5.92 Å². The van der Waals surface area contributed by atoms with Crippen LogP contribution in [0.25, 0.3) is 0 Å². The number of aryl methyl sites for hydroxylation is 2. The van der Waals surface area contributed by atoms with Crippen molar-refractivity contribution in [1.82, 2.24) is 4.90 Å². The molecule has 1 aliphatic rings. The van der Waals surface area contributed by atoms with Gasteiger partial charge in [0.15, 0.2) is 0 Å². The maximum atomic E-state index is 13.0. The molecule has 2 aromatic rings. The molecule has 3 rings (SSSR count). The molecule has 0 saturated heterocycles. The zero-order chi connectivity index (χ0) is 23.3. The van der Waals surface area contributed by atoms with Gasteiger partial charge in [0.2, 0.25) is 0 Å². The molecular weight excluding hydrogens is 428 g/mol. The number of nitrogens with one attached hydrogen (secondary N) is 1. The summed E-state index contributed by atoms with van der Waals surface area (Å²) in [4.78, 5) is 26.6. The normalized spacial score (nSPS) is 13.5. The van der Waals surface area contributed by atoms with Crippen LogP contribution in [0.5, 0.6) is 0 Å². The van der Waals surface area contributed by atoms with Crippen LogP contribution >= 0.6 is 0 Å². The number of benzene rings is 2. The van der Waals surface area contributed by atoms with Gasteiger partial charge in [0.25, 0.3) is 15.9 Å². The number of nitrogens with zero attached hydrogens (tertiary/aromatic N) is 1. The predicted octanol–water partition coefficient (Wildman–Crippen LogP) is 3.91. The van der Waals surface area contributed by atoms with Crippen LogP contribution in [-0.4, -0.2) is 44.9 Å². The minimum atomic E-state index is -3.73. The van der Waals surface area contributed by atoms with Crippen molar-refractivity contribution in [3.63, 3.8) is 0 Å². The number of esters is 1. The Kier molecular flexibility index (Phi) is 7.56. The van der Waals surface area contributed by atoms with Gasteiger partial charge in [-0.3, -0.25) is 14.3 Å². The third kappa shape index (κ3) is 6.32. The Labute approximate surface area is 189 Å². The van der Waals surface area contributed by atoms with Crippen LogP contribution in [0.3, 0.4) is 0 Å². The highest BCUT2D eigenvalue weighted by Crippen LogP contribution is 2.30. The molecule has 0 bridgehead atoms. The molecule has 0 atom stereocenters. The van der Waals surface area contributed by atoms with E-state index in [4.69, 9.17) is 4.74 Å². The summed E-state index contributed by atoms with van der Waals surface area (Å²) in [6.07, 6.45) is 2.32. The van der Waals surface area contributed by atoms with Crippen LogP contribution < -0.4 is 4.72 Å². The molecule has 0 aromatic heterocycles. The second kappa shape index (κ2) is 10.2. The number of amides is 1. The Balaban J connectivity index is 1.69. The lowest BCUT2D eigenvalue weighted by Crippen LogP contribution is -2.35. The first-order chi connectivity index (χ1) is 15.2. The van der Waals surface area contributed by atoms with Crippen LogP contribution in [0.15, 0.2) is 47.4 Å². The Morgan fingerprint density at radius 1 is 1.06 bits per heavy atom. The second-order valence-electron chi connectivity index (χ2n) is 8.18. The molecule has 0 spiro atoms. The zero-order valence-corrected chi connectivity index (χ0v) is 19.6. The fourth-order valence-corrected chi connectivity index (χ4v) is 4.45. The number of hydrogen-bond donors (Lipinski definition) is 1. The maximum Gasteiger partial charge on any atom is 0.307 e. The predicted molar refractivity (Wildman–Crippen MR) is 123 cm³/mol. The molecule has 1 N–H and O–H groups in total. The standard InChI is InChI=1S/C24H30N2O5S/c1-4-31-23(27)13-14-26(16-19-6-7-19)24(28)20-8-10-21(11-9-20)25-32(29,30)22-12-5-17(2)18(3)15-22/h5,8-12,15,19,25H,4,6-7,13-14,16H2,1-3H3. The van der Waals surface area contributed by atoms with Gasteiger partial charge in [-0.1, -0.05) is 6.07 Å². The number of ether oxygens (including phenoxy) is 1. The van der Waals surface area contributed by atoms with Crippen molar-refractivity contribution in [1.29, 1.82) is 0 Å². The first-order valence-electron chi connectivity index (χ1n) is 10.8. The summed E-state index contributed by atoms with van der Waals surface area (Å²) in [6.45, 7) is 6.77. The third-order valence-electron chi connectivity index (χ3n) is 5.53. The molecule has 8 heteroatoms. The Morgan fingerprint density at radius 3 is 2.34 bits per heavy atom. The molecule has 1 amide bonds. The van der Waals surface area contributed by atoms with E-state index in [1.807, 2.05) is 13.8 Å². The molecular formula is C24H30N2O5S. The quantitative estimate of drug-likeness (QED) is 0.545. The van der Waals surface area contributed by atoms with Gasteiger partial charge in [0, 0.05) is 24.3 Å². The van der Waals surface area contributed by atoms with Crippen LogP contribution in [-0.2, 0) is 19.6 Å². The number of sulfonamides is 1. The number of anilines is 1. The van der Waals surface area contributed by atoms with Crippen LogP contribution in [0.2, 0.25) is 0 Å². The zero-order valence-electron chi connectivity index (χ0n) is 18.8. The fraction of sp³-hybridized carbons (Fsp3) is 0.417. The minimum absolute atomic E-state index is 0.153. The number of hydrogen-bond acceptors (Lipinski definition) is 5. The van der Waals surface area contributed by atoms with Crippen LogP contribution in [0.4, 0.5) is 5.69 Å². The number of rotatable bonds is 10. The molecule has 0 unspecified atom stereocenters. The first-order valence-corrected chi connectivity index (χ1v) is 12.3. The highest BCUT2D eigenvalue weighted by atomic mass is 32.2. The van der Waals surface area contributed by atoms with Crippen LogP contribution in [0, 0.1) is 19.8 Å². The molecule has 2 aromatic carbocycles. The summed E-state index contributed by atoms with van der Waals surface area (Å²) in [6, 6.07) is 11.3. The molecule has 1 saturated carbocycles. The topological polar surface area (TPSA) is 92.8 Å². The van der Waals surface area contributed by atoms with Gasteiger partial charge >= 0.3 is 5.97 Å². The van der Waals surface area contributed by atoms with Gasteiger partial charge in [0.05, 0.1) is 17.9 Å². The maximum absolute atomic E-state index is 13.0. The largest absolute Gasteiger partial charge is 0.466 e. The van der Waals surface area contributed by atoms with Gasteiger partial charge in [-0.25, -0.2) is 8.42 Å². The molecule has 1 fully saturated rings. The highest BCUT2D eigenvalue weighted by molar-refractivity contribution is 7.92. The van der Waals surface area contributed by atoms with E-state index in [1.54, 1.807) is 54.3 Å². The lowest BCUT2D eigenvalue weighted by Gasteiger charge is -2.22. The summed E-state index contributed by atoms with van der Waals surface area (Å²) in [5.41, 5.74) is 2.74. The summed E-state index contributed by atoms with van der Waals surface area (Å²) in [7, 11) is -3.73. The Hall–Kier alpha value is -2.87. The van der Waals surface area contributed by atoms with Crippen molar-refractivity contribution in [3.05, 3.63) is 59.2 Å². The highest BCUT2D eigenvalue weighted by Gasteiger charge is 2.27. The summed E-state index contributed by atoms with van der Waals surface area (Å²) >= 11 is 0. The lowest BCUT2D eigenvalue weighted by molar-refractivity contribution is -0.143. The Morgan fingerprint density at radius 2 is 1.75 bits per heavy atom. The van der Waals surface area contributed by atoms with E-state index >= 15 is 0 Å². The van der Waals surface area contributed by atoms with Gasteiger partial charge < -0.3 is 9.64 Å². The van der Waals surface area contributed by atoms with Gasteiger partial charge in [-0.2, -0.15) is 0 Å². The molecule has 172 valence electrons. The summed E-state index contributed by atoms with van der Waals surface area (Å²) < 4.78 is 32.9. The molecule has 7 nitrogen and oxygen atoms in total. The summed E-state index contributed by atoms with van der Waals surface area (Å²) in [5.74, 6) is -0.0212. The van der Waals surface area contributed by atoms with Gasteiger partial charge in [0.1, 0.15) is 0 Å². The van der Waals surface area contributed by atoms with E-state index in [2.05, 4.69) is 4.72 Å². The summed E-state index contributed by atoms with van der Waals surface area (Å²) in [5, 5.41) is 0. The minimum Gasteiger partial charge on any atom is -0.466 e. The fourth-order valence-electron chi connectivity index (χ4n) is 3.31. The van der Waals surface area contributed by atoms with Crippen molar-refractivity contribution < 1.29 is 22.7 Å². The van der Waals surface area contributed by atoms with E-state index in [0.717, 1.165) is 24.0 Å². The van der Waals surface area contributed by atoms with Crippen LogP contribution in [0.1, 0.15) is 47.7 Å². The first kappa shape index (κ1) is 23.8. The average molecular weight is 459 g/mol. The molecule has 0 aliphatic heterocycles. The third-order valence-corrected chi connectivity index (χ3v) is 6.91. The SMILES string of the molecule is CCOC(=O)CCN(CC1CC1)C(=O)c1ccc(NS(=O)(=O)c2ccc(C)c(C)c2)cc1. The molecule has 0 heterocycles. The average Bonchev–Trinajstić information content (AvgIpc) is 3.57. The number of carbonyl (C=O) groups is 2. The molecule has 32 heavy (non-hydrogen) atoms. The van der Waals surface area contributed by atoms with E-state index in [-0.39, 0.29) is 23.2 Å². The smallest absolute Gasteiger partial charge is 0.307 e. The van der Waals surface area contributed by atoms with Gasteiger partial charge in [-0.15, -0.1) is 0 Å². The van der Waals surface area contributed by atoms with Gasteiger partial charge in [-0.05, 0) is 87.1 Å². The van der Waals surface area contributed by atoms with E-state index in [0.29, 0.717) is 36.9 Å². The monoisotopic (exact) mass is 458 g/mol. The number of carbonyl (C=O) groups excluding carboxylic acids is 2. The van der Waals surface area contributed by atoms with E-state index in [1.165, 1.54) is 0 Å². The lowest BCUT2D eigenvalue weighted by atomic mass is 10.1. The van der Waals surface area contributed by atoms with E-state index < -0.39 is 10.0 Å². The van der Waals surface area contributed by atoms with Crippen molar-refractivity contribution in [3.8, 4) is 0 Å². The Bertz CT molecular complexity index is 1080. The molecule has 1 aliphatic carbocycles. The van der Waals surface area contributed by atoms with Crippen molar-refractivity contribution >= 4 is 27.6 Å². The van der Waals surface area contributed by atoms with Crippen molar-refractivity contribution in [2.45, 2.75) is 44.9 Å². The molecule has 0 radical (unpaired) electrons. The second-order valence-corrected chi connectivity index (χ2v) is 9.86.